The number of benzene rings is 1. The van der Waals surface area contributed by atoms with Crippen molar-refractivity contribution in [2.45, 2.75) is 24.8 Å². The highest BCUT2D eigenvalue weighted by atomic mass is 32.3. The fraction of sp³-hybridized carbons (Fsp3) is 0.333. The molecule has 4 rings (SSSR count). The molecule has 0 spiro atoms. The monoisotopic (exact) mass is 400 g/mol. The lowest BCUT2D eigenvalue weighted by molar-refractivity contribution is 0.299. The average molecular weight is 401 g/mol. The maximum absolute atomic E-state index is 12.5. The summed E-state index contributed by atoms with van der Waals surface area (Å²) in [6.07, 6.45) is 4.07. The first-order chi connectivity index (χ1) is 13.4. The molecule has 28 heavy (non-hydrogen) atoms. The number of ether oxygens (including phenoxy) is 1. The highest BCUT2D eigenvalue weighted by Gasteiger charge is 2.24. The Morgan fingerprint density at radius 3 is 2.57 bits per heavy atom. The quantitative estimate of drug-likeness (QED) is 0.635. The number of aryl methyl sites for hydroxylation is 1. The maximum atomic E-state index is 12.5. The van der Waals surface area contributed by atoms with Gasteiger partial charge in [-0.05, 0) is 49.3 Å². The molecular weight excluding hydrogens is 376 g/mol. The summed E-state index contributed by atoms with van der Waals surface area (Å²) in [5, 5.41) is 1.59. The molecule has 0 bridgehead atoms. The lowest BCUT2D eigenvalue weighted by atomic mass is 10.0. The first-order valence-electron chi connectivity index (χ1n) is 9.39. The molecule has 0 atom stereocenters. The van der Waals surface area contributed by atoms with Gasteiger partial charge in [-0.3, -0.25) is 13.9 Å². The molecule has 7 heteroatoms. The van der Waals surface area contributed by atoms with Gasteiger partial charge in [0.1, 0.15) is 16.5 Å². The lowest BCUT2D eigenvalue weighted by Gasteiger charge is -2.30. The van der Waals surface area contributed by atoms with Crippen LogP contribution in [0.5, 0.6) is 5.75 Å². The summed E-state index contributed by atoms with van der Waals surface area (Å²) in [7, 11) is -1.27. The van der Waals surface area contributed by atoms with E-state index in [1.165, 1.54) is 17.4 Å². The Morgan fingerprint density at radius 2 is 1.89 bits per heavy atom. The number of nitrogens with zero attached hydrogens (tertiary/aromatic N) is 2. The lowest BCUT2D eigenvalue weighted by Crippen LogP contribution is -2.17. The molecule has 0 saturated heterocycles. The minimum atomic E-state index is -2.97. The van der Waals surface area contributed by atoms with E-state index in [0.29, 0.717) is 29.4 Å². The van der Waals surface area contributed by atoms with Crippen LogP contribution < -0.4 is 10.3 Å². The van der Waals surface area contributed by atoms with E-state index in [9.17, 15) is 13.9 Å². The molecule has 2 N–H and O–H groups in total. The molecule has 2 aromatic heterocycles. The van der Waals surface area contributed by atoms with E-state index in [2.05, 4.69) is 4.98 Å². The van der Waals surface area contributed by atoms with Gasteiger partial charge in [0.05, 0.1) is 6.61 Å². The highest BCUT2D eigenvalue weighted by molar-refractivity contribution is 8.24. The number of aromatic nitrogens is 2. The molecule has 2 heterocycles. The van der Waals surface area contributed by atoms with Crippen molar-refractivity contribution in [3.63, 3.8) is 0 Å². The molecule has 1 aromatic carbocycles. The van der Waals surface area contributed by atoms with Gasteiger partial charge < -0.3 is 9.30 Å². The van der Waals surface area contributed by atoms with Crippen molar-refractivity contribution in [1.82, 2.24) is 9.55 Å². The highest BCUT2D eigenvalue weighted by Crippen LogP contribution is 2.48. The molecule has 0 amide bonds. The summed E-state index contributed by atoms with van der Waals surface area (Å²) in [6.45, 7) is 2.33. The van der Waals surface area contributed by atoms with Crippen LogP contribution in [0.1, 0.15) is 19.8 Å². The summed E-state index contributed by atoms with van der Waals surface area (Å²) in [5.41, 5.74) is 1.17. The summed E-state index contributed by atoms with van der Waals surface area (Å²) in [6, 6.07) is 10.7. The van der Waals surface area contributed by atoms with Crippen molar-refractivity contribution < 1.29 is 13.8 Å². The number of rotatable bonds is 6. The fourth-order valence-corrected chi connectivity index (χ4v) is 3.98. The summed E-state index contributed by atoms with van der Waals surface area (Å²) in [4.78, 5) is 17.1. The number of fused-ring (bicyclic) bond motifs is 1. The summed E-state index contributed by atoms with van der Waals surface area (Å²) in [5.74, 6) is 1.35. The molecular formula is C21H24N2O4S. The van der Waals surface area contributed by atoms with Gasteiger partial charge in [0.2, 0.25) is 0 Å². The fourth-order valence-electron chi connectivity index (χ4n) is 3.16. The molecule has 0 radical (unpaired) electrons. The first kappa shape index (κ1) is 19.0. The zero-order valence-electron chi connectivity index (χ0n) is 16.0. The topological polar surface area (TPSA) is 84.6 Å². The van der Waals surface area contributed by atoms with Gasteiger partial charge in [0, 0.05) is 29.9 Å². The second-order valence-corrected chi connectivity index (χ2v) is 9.54. The van der Waals surface area contributed by atoms with E-state index in [4.69, 9.17) is 4.74 Å². The number of pyridine rings is 2. The maximum Gasteiger partial charge on any atom is 0.258 e. The van der Waals surface area contributed by atoms with Gasteiger partial charge in [0.15, 0.2) is 0 Å². The Kier molecular flexibility index (Phi) is 4.91. The number of hydrogen-bond donors (Lipinski definition) is 2. The zero-order chi connectivity index (χ0) is 19.9. The molecule has 0 aliphatic heterocycles. The predicted octanol–water partition coefficient (Wildman–Crippen LogP) is 4.52. The van der Waals surface area contributed by atoms with Crippen molar-refractivity contribution in [3.05, 3.63) is 52.9 Å². The van der Waals surface area contributed by atoms with Crippen molar-refractivity contribution in [1.29, 1.82) is 0 Å². The summed E-state index contributed by atoms with van der Waals surface area (Å²) >= 11 is 0. The van der Waals surface area contributed by atoms with Crippen LogP contribution in [0, 0.1) is 5.92 Å². The standard InChI is InChI=1S/C21H24N2O4S/c1-3-28(25,26)19-11-10-18(27-13-14-8-9-14)20(22-19)17-12-23(2)21(24)16-7-5-4-6-15(16)17/h4-7,10-12,14,25-26H,3,8-9,13H2,1-2H3. The molecule has 1 fully saturated rings. The Morgan fingerprint density at radius 1 is 1.18 bits per heavy atom. The average Bonchev–Trinajstić information content (AvgIpc) is 3.53. The van der Waals surface area contributed by atoms with Gasteiger partial charge in [-0.15, -0.1) is 0 Å². The Balaban J connectivity index is 1.94. The van der Waals surface area contributed by atoms with Crippen LogP contribution in [-0.4, -0.2) is 31.0 Å². The molecule has 1 saturated carbocycles. The zero-order valence-corrected chi connectivity index (χ0v) is 16.8. The largest absolute Gasteiger partial charge is 0.491 e. The first-order valence-corrected chi connectivity index (χ1v) is 11.1. The predicted molar refractivity (Wildman–Crippen MR) is 112 cm³/mol. The van der Waals surface area contributed by atoms with Crippen LogP contribution in [0.2, 0.25) is 0 Å². The van der Waals surface area contributed by atoms with E-state index in [0.717, 1.165) is 10.9 Å². The molecule has 6 nitrogen and oxygen atoms in total. The Hall–Kier alpha value is -2.35. The summed E-state index contributed by atoms with van der Waals surface area (Å²) < 4.78 is 28.3. The van der Waals surface area contributed by atoms with Crippen molar-refractivity contribution >= 4 is 21.4 Å². The van der Waals surface area contributed by atoms with Crippen LogP contribution in [-0.2, 0) is 7.05 Å². The van der Waals surface area contributed by atoms with Crippen LogP contribution >= 0.6 is 10.6 Å². The smallest absolute Gasteiger partial charge is 0.258 e. The third-order valence-electron chi connectivity index (χ3n) is 5.09. The van der Waals surface area contributed by atoms with E-state index in [-0.39, 0.29) is 16.3 Å². The normalized spacial score (nSPS) is 15.0. The van der Waals surface area contributed by atoms with Gasteiger partial charge in [-0.2, -0.15) is 10.6 Å². The van der Waals surface area contributed by atoms with Gasteiger partial charge in [-0.1, -0.05) is 18.2 Å². The van der Waals surface area contributed by atoms with Crippen molar-refractivity contribution in [2.75, 3.05) is 12.4 Å². The molecule has 1 aliphatic carbocycles. The Labute approximate surface area is 165 Å². The van der Waals surface area contributed by atoms with E-state index >= 15 is 0 Å². The van der Waals surface area contributed by atoms with E-state index in [1.807, 2.05) is 18.2 Å². The van der Waals surface area contributed by atoms with Crippen LogP contribution in [0.15, 0.2) is 52.4 Å². The van der Waals surface area contributed by atoms with Gasteiger partial charge in [0.25, 0.3) is 5.56 Å². The van der Waals surface area contributed by atoms with E-state index < -0.39 is 10.6 Å². The van der Waals surface area contributed by atoms with Crippen LogP contribution in [0.4, 0.5) is 0 Å². The number of hydrogen-bond acceptors (Lipinski definition) is 5. The second-order valence-electron chi connectivity index (χ2n) is 7.21. The third-order valence-corrected chi connectivity index (χ3v) is 6.79. The Bertz CT molecular complexity index is 1090. The van der Waals surface area contributed by atoms with E-state index in [1.54, 1.807) is 38.4 Å². The van der Waals surface area contributed by atoms with Crippen molar-refractivity contribution in [2.24, 2.45) is 13.0 Å². The SMILES string of the molecule is CCS(O)(O)c1ccc(OCC2CC2)c(-c2cn(C)c(=O)c3ccccc23)n1. The minimum absolute atomic E-state index is 0.0891. The molecule has 0 unspecified atom stereocenters. The van der Waals surface area contributed by atoms with Gasteiger partial charge in [-0.25, -0.2) is 4.98 Å². The van der Waals surface area contributed by atoms with Gasteiger partial charge >= 0.3 is 0 Å². The molecule has 3 aromatic rings. The van der Waals surface area contributed by atoms with Crippen LogP contribution in [0.3, 0.4) is 0 Å². The van der Waals surface area contributed by atoms with Crippen LogP contribution in [0.25, 0.3) is 22.0 Å². The molecule has 1 aliphatic rings. The molecule has 148 valence electrons. The third kappa shape index (κ3) is 3.53. The minimum Gasteiger partial charge on any atom is -0.491 e. The van der Waals surface area contributed by atoms with Crippen molar-refractivity contribution in [3.8, 4) is 17.0 Å². The second kappa shape index (κ2) is 7.24.